The van der Waals surface area contributed by atoms with Gasteiger partial charge in [0.15, 0.2) is 0 Å². The second kappa shape index (κ2) is 8.68. The first-order chi connectivity index (χ1) is 14.1. The number of para-hydroxylation sites is 1. The molecule has 1 aromatic heterocycles. The molecule has 0 aliphatic carbocycles. The number of nitrogens with one attached hydrogen (secondary N) is 1. The number of hydrogen-bond acceptors (Lipinski definition) is 5. The van der Waals surface area contributed by atoms with E-state index in [1.807, 2.05) is 18.2 Å². The number of aryl methyl sites for hydroxylation is 1. The first-order valence-corrected chi connectivity index (χ1v) is 10.1. The fourth-order valence-corrected chi connectivity index (χ4v) is 3.85. The molecule has 4 rings (SSSR count). The van der Waals surface area contributed by atoms with Crippen molar-refractivity contribution in [3.63, 3.8) is 0 Å². The highest BCUT2D eigenvalue weighted by molar-refractivity contribution is 5.79. The topological polar surface area (TPSA) is 68.8 Å². The summed E-state index contributed by atoms with van der Waals surface area (Å²) in [6.07, 6.45) is -0.550. The molecule has 0 radical (unpaired) electrons. The van der Waals surface area contributed by atoms with Crippen LogP contribution in [0.1, 0.15) is 5.56 Å². The van der Waals surface area contributed by atoms with Gasteiger partial charge in [-0.2, -0.15) is 0 Å². The molecule has 152 valence electrons. The van der Waals surface area contributed by atoms with Crippen molar-refractivity contribution < 1.29 is 9.84 Å². The van der Waals surface area contributed by atoms with Crippen LogP contribution in [0, 0.1) is 6.92 Å². The Morgan fingerprint density at radius 2 is 1.86 bits per heavy atom. The molecule has 2 aromatic carbocycles. The van der Waals surface area contributed by atoms with Gasteiger partial charge in [0.1, 0.15) is 18.5 Å². The van der Waals surface area contributed by atoms with Crippen LogP contribution in [-0.2, 0) is 0 Å². The first kappa shape index (κ1) is 19.5. The van der Waals surface area contributed by atoms with Crippen LogP contribution in [0.2, 0.25) is 0 Å². The molecular formula is C23H27N3O3. The number of rotatable bonds is 6. The minimum absolute atomic E-state index is 0.121. The Labute approximate surface area is 170 Å². The molecule has 0 saturated carbocycles. The summed E-state index contributed by atoms with van der Waals surface area (Å²) in [7, 11) is 0. The molecule has 3 aromatic rings. The van der Waals surface area contributed by atoms with Gasteiger partial charge in [0.25, 0.3) is 0 Å². The molecule has 0 amide bonds. The number of anilines is 1. The predicted octanol–water partition coefficient (Wildman–Crippen LogP) is 2.40. The quantitative estimate of drug-likeness (QED) is 0.673. The molecule has 1 aliphatic rings. The molecule has 29 heavy (non-hydrogen) atoms. The summed E-state index contributed by atoms with van der Waals surface area (Å²) in [4.78, 5) is 18.8. The number of pyridine rings is 1. The number of nitrogens with zero attached hydrogens (tertiary/aromatic N) is 2. The van der Waals surface area contributed by atoms with Crippen molar-refractivity contribution in [1.82, 2.24) is 9.88 Å². The Kier molecular flexibility index (Phi) is 5.83. The number of piperazine rings is 1. The number of H-pyrrole nitrogens is 1. The summed E-state index contributed by atoms with van der Waals surface area (Å²) in [5, 5.41) is 11.3. The van der Waals surface area contributed by atoms with E-state index < -0.39 is 6.10 Å². The van der Waals surface area contributed by atoms with Gasteiger partial charge in [-0.3, -0.25) is 9.69 Å². The SMILES string of the molecule is Cc1ccccc1N1CCN(C[C@H](O)COc2ccc3[nH]c(=O)ccc3c2)CC1. The minimum Gasteiger partial charge on any atom is -0.491 e. The zero-order valence-corrected chi connectivity index (χ0v) is 16.7. The summed E-state index contributed by atoms with van der Waals surface area (Å²) >= 11 is 0. The van der Waals surface area contributed by atoms with Gasteiger partial charge >= 0.3 is 0 Å². The maximum Gasteiger partial charge on any atom is 0.248 e. The number of ether oxygens (including phenoxy) is 1. The smallest absolute Gasteiger partial charge is 0.248 e. The Bertz CT molecular complexity index is 1030. The Morgan fingerprint density at radius 3 is 2.66 bits per heavy atom. The molecular weight excluding hydrogens is 366 g/mol. The van der Waals surface area contributed by atoms with Crippen LogP contribution in [0.5, 0.6) is 5.75 Å². The van der Waals surface area contributed by atoms with Gasteiger partial charge in [-0.05, 0) is 42.8 Å². The van der Waals surface area contributed by atoms with Crippen LogP contribution in [0.4, 0.5) is 5.69 Å². The molecule has 0 bridgehead atoms. The summed E-state index contributed by atoms with van der Waals surface area (Å²) in [6.45, 7) is 6.76. The van der Waals surface area contributed by atoms with Crippen molar-refractivity contribution >= 4 is 16.6 Å². The van der Waals surface area contributed by atoms with Crippen LogP contribution >= 0.6 is 0 Å². The molecule has 1 fully saturated rings. The average molecular weight is 393 g/mol. The third-order valence-electron chi connectivity index (χ3n) is 5.43. The van der Waals surface area contributed by atoms with Crippen molar-refractivity contribution in [2.45, 2.75) is 13.0 Å². The van der Waals surface area contributed by atoms with E-state index in [1.54, 1.807) is 6.07 Å². The fraction of sp³-hybridized carbons (Fsp3) is 0.348. The van der Waals surface area contributed by atoms with Crippen LogP contribution in [0.3, 0.4) is 0 Å². The molecule has 2 N–H and O–H groups in total. The van der Waals surface area contributed by atoms with E-state index in [9.17, 15) is 9.90 Å². The number of aliphatic hydroxyl groups excluding tert-OH is 1. The standard InChI is InChI=1S/C23H27N3O3/c1-17-4-2-3-5-22(17)26-12-10-25(11-13-26)15-19(27)16-29-20-7-8-21-18(14-20)6-9-23(28)24-21/h2-9,14,19,27H,10-13,15-16H2,1H3,(H,24,28)/t19-/m0/s1. The molecule has 1 aliphatic heterocycles. The predicted molar refractivity (Wildman–Crippen MR) is 116 cm³/mol. The second-order valence-electron chi connectivity index (χ2n) is 7.61. The third-order valence-corrected chi connectivity index (χ3v) is 5.43. The molecule has 0 unspecified atom stereocenters. The summed E-state index contributed by atoms with van der Waals surface area (Å²) in [5.41, 5.74) is 3.25. The van der Waals surface area contributed by atoms with Crippen molar-refractivity contribution in [2.75, 3.05) is 44.2 Å². The van der Waals surface area contributed by atoms with Crippen molar-refractivity contribution in [3.05, 3.63) is 70.5 Å². The molecule has 1 atom stereocenters. The number of hydrogen-bond donors (Lipinski definition) is 2. The summed E-state index contributed by atoms with van der Waals surface area (Å²) < 4.78 is 5.77. The zero-order valence-electron chi connectivity index (χ0n) is 16.7. The lowest BCUT2D eigenvalue weighted by molar-refractivity contribution is 0.0663. The number of fused-ring (bicyclic) bond motifs is 1. The number of aromatic amines is 1. The maximum atomic E-state index is 11.4. The summed E-state index contributed by atoms with van der Waals surface area (Å²) in [6, 6.07) is 17.2. The van der Waals surface area contributed by atoms with Gasteiger partial charge in [-0.15, -0.1) is 0 Å². The highest BCUT2D eigenvalue weighted by Crippen LogP contribution is 2.21. The highest BCUT2D eigenvalue weighted by atomic mass is 16.5. The van der Waals surface area contributed by atoms with Crippen molar-refractivity contribution in [1.29, 1.82) is 0 Å². The van der Waals surface area contributed by atoms with E-state index in [2.05, 4.69) is 46.0 Å². The number of β-amino-alcohol motifs (C(OH)–C–C–N with tert-alkyl or cyclic N) is 1. The van der Waals surface area contributed by atoms with E-state index in [-0.39, 0.29) is 12.2 Å². The number of aromatic nitrogens is 1. The van der Waals surface area contributed by atoms with Crippen LogP contribution in [0.15, 0.2) is 59.4 Å². The van der Waals surface area contributed by atoms with Crippen LogP contribution < -0.4 is 15.2 Å². The number of benzene rings is 2. The monoisotopic (exact) mass is 393 g/mol. The maximum absolute atomic E-state index is 11.4. The molecule has 2 heterocycles. The highest BCUT2D eigenvalue weighted by Gasteiger charge is 2.20. The van der Waals surface area contributed by atoms with Crippen LogP contribution in [-0.4, -0.2) is 60.4 Å². The zero-order chi connectivity index (χ0) is 20.2. The second-order valence-corrected chi connectivity index (χ2v) is 7.61. The molecule has 6 heteroatoms. The van der Waals surface area contributed by atoms with Gasteiger partial charge < -0.3 is 19.7 Å². The van der Waals surface area contributed by atoms with Gasteiger partial charge in [-0.1, -0.05) is 18.2 Å². The Balaban J connectivity index is 1.26. The molecule has 1 saturated heterocycles. The van der Waals surface area contributed by atoms with E-state index >= 15 is 0 Å². The largest absolute Gasteiger partial charge is 0.491 e. The summed E-state index contributed by atoms with van der Waals surface area (Å²) in [5.74, 6) is 0.688. The third kappa shape index (κ3) is 4.78. The number of aliphatic hydroxyl groups is 1. The van der Waals surface area contributed by atoms with E-state index in [0.717, 1.165) is 37.1 Å². The molecule has 0 spiro atoms. The van der Waals surface area contributed by atoms with Gasteiger partial charge in [0, 0.05) is 55.4 Å². The Hall–Kier alpha value is -2.83. The van der Waals surface area contributed by atoms with E-state index in [0.29, 0.717) is 12.3 Å². The first-order valence-electron chi connectivity index (χ1n) is 10.1. The Morgan fingerprint density at radius 1 is 1.07 bits per heavy atom. The van der Waals surface area contributed by atoms with Crippen molar-refractivity contribution in [3.8, 4) is 5.75 Å². The lowest BCUT2D eigenvalue weighted by Crippen LogP contribution is -2.49. The normalized spacial score (nSPS) is 16.1. The van der Waals surface area contributed by atoms with Gasteiger partial charge in [-0.25, -0.2) is 0 Å². The van der Waals surface area contributed by atoms with E-state index in [1.165, 1.54) is 17.3 Å². The van der Waals surface area contributed by atoms with Crippen molar-refractivity contribution in [2.24, 2.45) is 0 Å². The lowest BCUT2D eigenvalue weighted by atomic mass is 10.1. The van der Waals surface area contributed by atoms with Gasteiger partial charge in [0.2, 0.25) is 5.56 Å². The lowest BCUT2D eigenvalue weighted by Gasteiger charge is -2.37. The van der Waals surface area contributed by atoms with Gasteiger partial charge in [0.05, 0.1) is 0 Å². The van der Waals surface area contributed by atoms with E-state index in [4.69, 9.17) is 4.74 Å². The minimum atomic E-state index is -0.550. The average Bonchev–Trinajstić information content (AvgIpc) is 2.73. The van der Waals surface area contributed by atoms with Crippen LogP contribution in [0.25, 0.3) is 10.9 Å². The molecule has 6 nitrogen and oxygen atoms in total. The fourth-order valence-electron chi connectivity index (χ4n) is 3.85.